The van der Waals surface area contributed by atoms with Gasteiger partial charge in [-0.3, -0.25) is 10.1 Å². The van der Waals surface area contributed by atoms with Gasteiger partial charge in [-0.25, -0.2) is 9.37 Å². The van der Waals surface area contributed by atoms with E-state index in [0.717, 1.165) is 12.8 Å². The normalized spacial score (nSPS) is 22.6. The van der Waals surface area contributed by atoms with Crippen LogP contribution in [0.3, 0.4) is 0 Å². The van der Waals surface area contributed by atoms with Crippen molar-refractivity contribution in [2.75, 3.05) is 18.1 Å². The van der Waals surface area contributed by atoms with Crippen molar-refractivity contribution in [1.82, 2.24) is 4.98 Å². The number of nitro groups is 1. The van der Waals surface area contributed by atoms with Crippen molar-refractivity contribution in [2.24, 2.45) is 0 Å². The molecule has 2 atom stereocenters. The van der Waals surface area contributed by atoms with Crippen LogP contribution >= 0.6 is 0 Å². The number of hydrogen-bond acceptors (Lipinski definition) is 5. The summed E-state index contributed by atoms with van der Waals surface area (Å²) in [5, 5.41) is 11.8. The van der Waals surface area contributed by atoms with E-state index in [4.69, 9.17) is 4.74 Å². The Kier molecular flexibility index (Phi) is 3.65. The van der Waals surface area contributed by atoms with E-state index >= 15 is 0 Å². The summed E-state index contributed by atoms with van der Waals surface area (Å²) in [6, 6.07) is 7.77. The van der Waals surface area contributed by atoms with Crippen molar-refractivity contribution in [1.29, 1.82) is 0 Å². The molecule has 7 heteroatoms. The Morgan fingerprint density at radius 2 is 1.88 bits per heavy atom. The van der Waals surface area contributed by atoms with Crippen LogP contribution in [-0.2, 0) is 4.74 Å². The van der Waals surface area contributed by atoms with Gasteiger partial charge in [-0.15, -0.1) is 0 Å². The van der Waals surface area contributed by atoms with Crippen molar-refractivity contribution in [2.45, 2.75) is 24.9 Å². The molecule has 6 nitrogen and oxygen atoms in total. The molecule has 24 heavy (non-hydrogen) atoms. The van der Waals surface area contributed by atoms with Gasteiger partial charge < -0.3 is 9.64 Å². The average Bonchev–Trinajstić information content (AvgIpc) is 2.83. The summed E-state index contributed by atoms with van der Waals surface area (Å²) >= 11 is 0. The van der Waals surface area contributed by atoms with Crippen LogP contribution < -0.4 is 4.90 Å². The molecule has 2 aromatic rings. The van der Waals surface area contributed by atoms with Crippen molar-refractivity contribution in [3.63, 3.8) is 0 Å². The zero-order chi connectivity index (χ0) is 16.7. The molecule has 124 valence electrons. The molecule has 2 aliphatic rings. The highest BCUT2D eigenvalue weighted by molar-refractivity contribution is 5.81. The van der Waals surface area contributed by atoms with Gasteiger partial charge in [-0.05, 0) is 25.0 Å². The first-order valence-electron chi connectivity index (χ1n) is 7.91. The first-order chi connectivity index (χ1) is 11.7. The van der Waals surface area contributed by atoms with E-state index in [0.29, 0.717) is 19.0 Å². The molecule has 0 amide bonds. The second-order valence-corrected chi connectivity index (χ2v) is 6.10. The summed E-state index contributed by atoms with van der Waals surface area (Å²) in [5.74, 6) is -0.167. The lowest BCUT2D eigenvalue weighted by Gasteiger charge is -2.35. The number of ether oxygens (including phenoxy) is 1. The van der Waals surface area contributed by atoms with Gasteiger partial charge in [0.15, 0.2) is 0 Å². The van der Waals surface area contributed by atoms with Crippen molar-refractivity contribution in [3.8, 4) is 11.1 Å². The molecule has 0 saturated carbocycles. The molecular weight excluding hydrogens is 313 g/mol. The van der Waals surface area contributed by atoms with E-state index in [2.05, 4.69) is 4.98 Å². The molecule has 2 aliphatic heterocycles. The third-order valence-electron chi connectivity index (χ3n) is 4.74. The van der Waals surface area contributed by atoms with Gasteiger partial charge in [-0.1, -0.05) is 18.2 Å². The first-order valence-corrected chi connectivity index (χ1v) is 7.91. The van der Waals surface area contributed by atoms with E-state index in [1.54, 1.807) is 18.2 Å². The topological polar surface area (TPSA) is 68.5 Å². The van der Waals surface area contributed by atoms with Crippen molar-refractivity contribution >= 4 is 11.5 Å². The zero-order valence-electron chi connectivity index (χ0n) is 12.9. The average molecular weight is 329 g/mol. The number of hydrogen-bond donors (Lipinski definition) is 0. The summed E-state index contributed by atoms with van der Waals surface area (Å²) in [4.78, 5) is 17.6. The fraction of sp³-hybridized carbons (Fsp3) is 0.353. The molecule has 0 radical (unpaired) electrons. The number of morpholine rings is 1. The van der Waals surface area contributed by atoms with Gasteiger partial charge in [0.2, 0.25) is 5.82 Å². The Hall–Kier alpha value is -2.54. The minimum absolute atomic E-state index is 0.0887. The maximum absolute atomic E-state index is 14.2. The summed E-state index contributed by atoms with van der Waals surface area (Å²) in [5.41, 5.74) is 0.337. The SMILES string of the molecule is O=[N+]([O-])c1c(-c2ccccc2F)ccnc1N1C2CCC1COC2. The standard InChI is InChI=1S/C17H16FN3O3/c18-15-4-2-1-3-13(15)14-7-8-19-17(16(14)21(22)23)20-11-5-6-12(20)10-24-9-11/h1-4,7-8,11-12H,5-6,9-10H2. The Morgan fingerprint density at radius 3 is 2.54 bits per heavy atom. The molecule has 2 fully saturated rings. The molecule has 4 rings (SSSR count). The predicted molar refractivity (Wildman–Crippen MR) is 86.4 cm³/mol. The second kappa shape index (κ2) is 5.83. The zero-order valence-corrected chi connectivity index (χ0v) is 12.9. The Labute approximate surface area is 138 Å². The van der Waals surface area contributed by atoms with Crippen molar-refractivity contribution < 1.29 is 14.1 Å². The maximum Gasteiger partial charge on any atom is 0.319 e. The summed E-state index contributed by atoms with van der Waals surface area (Å²) < 4.78 is 19.7. The summed E-state index contributed by atoms with van der Waals surface area (Å²) in [6.07, 6.45) is 3.36. The predicted octanol–water partition coefficient (Wildman–Crippen LogP) is 3.16. The first kappa shape index (κ1) is 15.0. The third-order valence-corrected chi connectivity index (χ3v) is 4.74. The van der Waals surface area contributed by atoms with Gasteiger partial charge >= 0.3 is 5.69 Å². The largest absolute Gasteiger partial charge is 0.377 e. The van der Waals surface area contributed by atoms with Crippen LogP contribution in [0.1, 0.15) is 12.8 Å². The molecule has 0 spiro atoms. The highest BCUT2D eigenvalue weighted by Gasteiger charge is 2.42. The molecule has 1 aromatic carbocycles. The van der Waals surface area contributed by atoms with E-state index in [1.165, 1.54) is 18.3 Å². The maximum atomic E-state index is 14.2. The fourth-order valence-corrected chi connectivity index (χ4v) is 3.68. The number of halogens is 1. The molecule has 1 aromatic heterocycles. The number of nitrogens with zero attached hydrogens (tertiary/aromatic N) is 3. The number of aromatic nitrogens is 1. The van der Waals surface area contributed by atoms with E-state index in [1.807, 2.05) is 4.90 Å². The Balaban J connectivity index is 1.89. The molecule has 2 saturated heterocycles. The van der Waals surface area contributed by atoms with Crippen molar-refractivity contribution in [3.05, 3.63) is 52.5 Å². The van der Waals surface area contributed by atoms with Gasteiger partial charge in [0.25, 0.3) is 0 Å². The van der Waals surface area contributed by atoms with E-state index in [9.17, 15) is 14.5 Å². The minimum atomic E-state index is -0.484. The second-order valence-electron chi connectivity index (χ2n) is 6.10. The number of fused-ring (bicyclic) bond motifs is 2. The molecule has 2 unspecified atom stereocenters. The van der Waals surface area contributed by atoms with Gasteiger partial charge in [0, 0.05) is 11.8 Å². The van der Waals surface area contributed by atoms with Crippen LogP contribution in [0.25, 0.3) is 11.1 Å². The van der Waals surface area contributed by atoms with Crippen LogP contribution in [0.4, 0.5) is 15.9 Å². The number of rotatable bonds is 3. The van der Waals surface area contributed by atoms with Crippen LogP contribution in [-0.4, -0.2) is 35.2 Å². The molecule has 0 N–H and O–H groups in total. The van der Waals surface area contributed by atoms with Crippen LogP contribution in [0.2, 0.25) is 0 Å². The lowest BCUT2D eigenvalue weighted by Crippen LogP contribution is -2.46. The lowest BCUT2D eigenvalue weighted by molar-refractivity contribution is -0.383. The highest BCUT2D eigenvalue weighted by Crippen LogP contribution is 2.42. The summed E-state index contributed by atoms with van der Waals surface area (Å²) in [6.45, 7) is 1.08. The molecular formula is C17H16FN3O3. The highest BCUT2D eigenvalue weighted by atomic mass is 19.1. The van der Waals surface area contributed by atoms with Gasteiger partial charge in [-0.2, -0.15) is 0 Å². The fourth-order valence-electron chi connectivity index (χ4n) is 3.68. The monoisotopic (exact) mass is 329 g/mol. The van der Waals surface area contributed by atoms with Gasteiger partial charge in [0.1, 0.15) is 5.82 Å². The molecule has 3 heterocycles. The van der Waals surface area contributed by atoms with Crippen LogP contribution in [0.5, 0.6) is 0 Å². The number of benzene rings is 1. The van der Waals surface area contributed by atoms with Crippen LogP contribution in [0, 0.1) is 15.9 Å². The smallest absolute Gasteiger partial charge is 0.319 e. The van der Waals surface area contributed by atoms with Gasteiger partial charge in [0.05, 0.1) is 35.8 Å². The minimum Gasteiger partial charge on any atom is -0.377 e. The quantitative estimate of drug-likeness (QED) is 0.639. The van der Waals surface area contributed by atoms with Crippen LogP contribution in [0.15, 0.2) is 36.5 Å². The Morgan fingerprint density at radius 1 is 1.17 bits per heavy atom. The number of anilines is 1. The molecule has 2 bridgehead atoms. The third kappa shape index (κ3) is 2.32. The lowest BCUT2D eigenvalue weighted by atomic mass is 10.0. The van der Waals surface area contributed by atoms with E-state index in [-0.39, 0.29) is 28.9 Å². The molecule has 0 aliphatic carbocycles. The Bertz CT molecular complexity index is 782. The summed E-state index contributed by atoms with van der Waals surface area (Å²) in [7, 11) is 0. The van der Waals surface area contributed by atoms with E-state index < -0.39 is 10.7 Å². The number of pyridine rings is 1.